The summed E-state index contributed by atoms with van der Waals surface area (Å²) in [6, 6.07) is 6.26. The highest BCUT2D eigenvalue weighted by Crippen LogP contribution is 2.23. The van der Waals surface area contributed by atoms with Gasteiger partial charge in [0.05, 0.1) is 12.7 Å². The Balaban J connectivity index is 3.04. The number of aliphatic hydroxyl groups is 1. The minimum absolute atomic E-state index is 0.194. The number of para-hydroxylation sites is 1. The molecule has 0 saturated carbocycles. The van der Waals surface area contributed by atoms with E-state index in [4.69, 9.17) is 4.74 Å². The number of ketones is 1. The van der Waals surface area contributed by atoms with Crippen molar-refractivity contribution < 1.29 is 23.4 Å². The van der Waals surface area contributed by atoms with Gasteiger partial charge in [-0.05, 0) is 12.1 Å². The van der Waals surface area contributed by atoms with Crippen LogP contribution in [0.25, 0.3) is 5.76 Å². The van der Waals surface area contributed by atoms with Crippen molar-refractivity contribution in [3.8, 4) is 5.75 Å². The van der Waals surface area contributed by atoms with Crippen molar-refractivity contribution in [2.75, 3.05) is 7.11 Å². The third-order valence-corrected chi connectivity index (χ3v) is 1.88. The van der Waals surface area contributed by atoms with Crippen LogP contribution in [0.4, 0.5) is 8.78 Å². The number of carbonyl (C=O) groups excluding carboxylic acids is 1. The Bertz CT molecular complexity index is 413. The second-order valence-electron chi connectivity index (χ2n) is 2.93. The van der Waals surface area contributed by atoms with Crippen molar-refractivity contribution in [2.24, 2.45) is 0 Å². The topological polar surface area (TPSA) is 46.5 Å². The molecule has 0 unspecified atom stereocenters. The van der Waals surface area contributed by atoms with Gasteiger partial charge in [-0.3, -0.25) is 4.79 Å². The van der Waals surface area contributed by atoms with Gasteiger partial charge in [0.25, 0.3) is 6.43 Å². The van der Waals surface area contributed by atoms with Gasteiger partial charge in [0, 0.05) is 6.08 Å². The molecule has 1 N–H and O–H groups in total. The van der Waals surface area contributed by atoms with E-state index in [0.29, 0.717) is 11.8 Å². The second-order valence-corrected chi connectivity index (χ2v) is 2.93. The fourth-order valence-electron chi connectivity index (χ4n) is 1.13. The SMILES string of the molecule is COc1ccccc1/C(O)=C/C(=O)C(F)F. The van der Waals surface area contributed by atoms with Crippen LogP contribution in [0, 0.1) is 0 Å². The first kappa shape index (κ1) is 12.2. The number of aliphatic hydroxyl groups excluding tert-OH is 1. The standard InChI is InChI=1S/C11H10F2O3/c1-16-10-5-3-2-4-7(10)8(14)6-9(15)11(12)13/h2-6,11,14H,1H3/b8-6-. The average Bonchev–Trinajstić information content (AvgIpc) is 2.28. The number of benzene rings is 1. The number of halogens is 2. The first-order valence-electron chi connectivity index (χ1n) is 4.42. The molecule has 0 fully saturated rings. The molecule has 0 amide bonds. The van der Waals surface area contributed by atoms with Gasteiger partial charge >= 0.3 is 0 Å². The summed E-state index contributed by atoms with van der Waals surface area (Å²) in [7, 11) is 1.38. The molecule has 0 saturated heterocycles. The fraction of sp³-hybridized carbons (Fsp3) is 0.182. The summed E-state index contributed by atoms with van der Waals surface area (Å²) in [5, 5.41) is 9.48. The summed E-state index contributed by atoms with van der Waals surface area (Å²) in [6.07, 6.45) is -2.64. The van der Waals surface area contributed by atoms with E-state index in [1.807, 2.05) is 0 Å². The zero-order valence-corrected chi connectivity index (χ0v) is 8.48. The third-order valence-electron chi connectivity index (χ3n) is 1.88. The van der Waals surface area contributed by atoms with Crippen molar-refractivity contribution in [1.82, 2.24) is 0 Å². The molecule has 1 aromatic carbocycles. The van der Waals surface area contributed by atoms with E-state index < -0.39 is 18.0 Å². The molecule has 0 bridgehead atoms. The maximum atomic E-state index is 12.0. The Morgan fingerprint density at radius 1 is 1.44 bits per heavy atom. The molecular formula is C11H10F2O3. The number of hydrogen-bond acceptors (Lipinski definition) is 3. The Morgan fingerprint density at radius 3 is 2.62 bits per heavy atom. The number of alkyl halides is 2. The van der Waals surface area contributed by atoms with E-state index >= 15 is 0 Å². The quantitative estimate of drug-likeness (QED) is 0.636. The molecule has 0 aromatic heterocycles. The summed E-state index contributed by atoms with van der Waals surface area (Å²) < 4.78 is 28.8. The molecule has 1 rings (SSSR count). The smallest absolute Gasteiger partial charge is 0.300 e. The molecule has 0 aliphatic heterocycles. The zero-order valence-electron chi connectivity index (χ0n) is 8.48. The molecule has 86 valence electrons. The predicted octanol–water partition coefficient (Wildman–Crippen LogP) is 2.43. The van der Waals surface area contributed by atoms with E-state index in [-0.39, 0.29) is 5.56 Å². The minimum Gasteiger partial charge on any atom is -0.507 e. The molecule has 0 spiro atoms. The van der Waals surface area contributed by atoms with Crippen LogP contribution in [0.1, 0.15) is 5.56 Å². The molecule has 0 aliphatic carbocycles. The number of rotatable bonds is 4. The van der Waals surface area contributed by atoms with Crippen molar-refractivity contribution in [3.05, 3.63) is 35.9 Å². The van der Waals surface area contributed by atoms with Crippen LogP contribution in [-0.2, 0) is 4.79 Å². The van der Waals surface area contributed by atoms with E-state index in [0.717, 1.165) is 0 Å². The fourth-order valence-corrected chi connectivity index (χ4v) is 1.13. The highest BCUT2D eigenvalue weighted by Gasteiger charge is 2.15. The predicted molar refractivity (Wildman–Crippen MR) is 54.6 cm³/mol. The van der Waals surface area contributed by atoms with Crippen LogP contribution < -0.4 is 4.74 Å². The molecule has 0 atom stereocenters. The first-order valence-corrected chi connectivity index (χ1v) is 4.42. The highest BCUT2D eigenvalue weighted by atomic mass is 19.3. The zero-order chi connectivity index (χ0) is 12.1. The number of ether oxygens (including phenoxy) is 1. The van der Waals surface area contributed by atoms with Crippen LogP contribution in [-0.4, -0.2) is 24.4 Å². The summed E-state index contributed by atoms with van der Waals surface area (Å²) >= 11 is 0. The van der Waals surface area contributed by atoms with E-state index in [2.05, 4.69) is 0 Å². The lowest BCUT2D eigenvalue weighted by Crippen LogP contribution is -2.06. The Morgan fingerprint density at radius 2 is 2.06 bits per heavy atom. The van der Waals surface area contributed by atoms with Crippen molar-refractivity contribution in [2.45, 2.75) is 6.43 Å². The monoisotopic (exact) mass is 228 g/mol. The highest BCUT2D eigenvalue weighted by molar-refractivity contribution is 5.97. The van der Waals surface area contributed by atoms with Crippen LogP contribution in [0.3, 0.4) is 0 Å². The third kappa shape index (κ3) is 2.79. The lowest BCUT2D eigenvalue weighted by atomic mass is 10.1. The maximum absolute atomic E-state index is 12.0. The van der Waals surface area contributed by atoms with Crippen LogP contribution in [0.15, 0.2) is 30.3 Å². The van der Waals surface area contributed by atoms with Gasteiger partial charge in [-0.2, -0.15) is 0 Å². The maximum Gasteiger partial charge on any atom is 0.300 e. The average molecular weight is 228 g/mol. The summed E-state index contributed by atoms with van der Waals surface area (Å²) in [6.45, 7) is 0. The Kier molecular flexibility index (Phi) is 3.99. The largest absolute Gasteiger partial charge is 0.507 e. The molecule has 0 radical (unpaired) electrons. The van der Waals surface area contributed by atoms with Crippen LogP contribution in [0.5, 0.6) is 5.75 Å². The molecule has 5 heteroatoms. The van der Waals surface area contributed by atoms with Gasteiger partial charge in [0.1, 0.15) is 11.5 Å². The van der Waals surface area contributed by atoms with Gasteiger partial charge in [-0.1, -0.05) is 12.1 Å². The molecule has 0 aliphatic rings. The second kappa shape index (κ2) is 5.25. The van der Waals surface area contributed by atoms with Gasteiger partial charge in [0.2, 0.25) is 5.78 Å². The lowest BCUT2D eigenvalue weighted by Gasteiger charge is -2.06. The van der Waals surface area contributed by atoms with Crippen LogP contribution in [0.2, 0.25) is 0 Å². The van der Waals surface area contributed by atoms with Crippen molar-refractivity contribution >= 4 is 11.5 Å². The molecule has 3 nitrogen and oxygen atoms in total. The number of carbonyl (C=O) groups is 1. The van der Waals surface area contributed by atoms with E-state index in [1.165, 1.54) is 13.2 Å². The van der Waals surface area contributed by atoms with E-state index in [9.17, 15) is 18.7 Å². The van der Waals surface area contributed by atoms with Crippen molar-refractivity contribution in [3.63, 3.8) is 0 Å². The Labute approximate surface area is 91.0 Å². The van der Waals surface area contributed by atoms with Gasteiger partial charge < -0.3 is 9.84 Å². The normalized spacial score (nSPS) is 11.6. The van der Waals surface area contributed by atoms with Gasteiger partial charge in [-0.25, -0.2) is 8.78 Å². The van der Waals surface area contributed by atoms with Gasteiger partial charge in [0.15, 0.2) is 0 Å². The summed E-state index contributed by atoms with van der Waals surface area (Å²) in [4.78, 5) is 10.7. The Hall–Kier alpha value is -1.91. The lowest BCUT2D eigenvalue weighted by molar-refractivity contribution is -0.124. The molecule has 16 heavy (non-hydrogen) atoms. The molecular weight excluding hydrogens is 218 g/mol. The molecule has 0 heterocycles. The van der Waals surface area contributed by atoms with E-state index in [1.54, 1.807) is 18.2 Å². The summed E-state index contributed by atoms with van der Waals surface area (Å²) in [5.41, 5.74) is 0.194. The number of methoxy groups -OCH3 is 1. The van der Waals surface area contributed by atoms with Gasteiger partial charge in [-0.15, -0.1) is 0 Å². The van der Waals surface area contributed by atoms with Crippen LogP contribution >= 0.6 is 0 Å². The number of hydrogen-bond donors (Lipinski definition) is 1. The number of allylic oxidation sites excluding steroid dienone is 1. The minimum atomic E-state index is -3.13. The summed E-state index contributed by atoms with van der Waals surface area (Å²) in [5.74, 6) is -1.68. The van der Waals surface area contributed by atoms with Crippen molar-refractivity contribution in [1.29, 1.82) is 0 Å². The first-order chi connectivity index (χ1) is 7.56. The molecule has 1 aromatic rings.